The van der Waals surface area contributed by atoms with Gasteiger partial charge in [0.2, 0.25) is 11.8 Å². The summed E-state index contributed by atoms with van der Waals surface area (Å²) < 4.78 is 5.85. The van der Waals surface area contributed by atoms with Crippen LogP contribution in [0.2, 0.25) is 0 Å². The highest BCUT2D eigenvalue weighted by atomic mass is 16.5. The van der Waals surface area contributed by atoms with Crippen LogP contribution in [-0.2, 0) is 32.0 Å². The second kappa shape index (κ2) is 15.9. The SMILES string of the molecule is C=CC[C@@H](CC(=O)N1CCC[C@H]1CO)C(=O)N[C@H](COC(=O)[C@H](CC=C)Cc1ccccc1)Cc1c[nH]c2ccccc12. The van der Waals surface area contributed by atoms with Crippen molar-refractivity contribution in [3.8, 4) is 0 Å². The lowest BCUT2D eigenvalue weighted by molar-refractivity contribution is -0.149. The number of aromatic amines is 1. The average Bonchev–Trinajstić information content (AvgIpc) is 3.67. The number of aromatic nitrogens is 1. The molecule has 0 aliphatic carbocycles. The van der Waals surface area contributed by atoms with Crippen molar-refractivity contribution in [3.63, 3.8) is 0 Å². The van der Waals surface area contributed by atoms with Gasteiger partial charge >= 0.3 is 5.97 Å². The van der Waals surface area contributed by atoms with E-state index in [1.165, 1.54) is 0 Å². The molecule has 228 valence electrons. The zero-order valence-corrected chi connectivity index (χ0v) is 24.8. The van der Waals surface area contributed by atoms with Gasteiger partial charge in [-0.1, -0.05) is 60.7 Å². The van der Waals surface area contributed by atoms with Gasteiger partial charge < -0.3 is 25.0 Å². The van der Waals surface area contributed by atoms with E-state index in [1.807, 2.05) is 60.8 Å². The number of rotatable bonds is 16. The van der Waals surface area contributed by atoms with Gasteiger partial charge in [-0.05, 0) is 55.7 Å². The zero-order valence-electron chi connectivity index (χ0n) is 24.8. The number of carbonyl (C=O) groups is 3. The minimum Gasteiger partial charge on any atom is -0.463 e. The smallest absolute Gasteiger partial charge is 0.309 e. The van der Waals surface area contributed by atoms with Crippen LogP contribution in [0.3, 0.4) is 0 Å². The number of carbonyl (C=O) groups excluding carboxylic acids is 3. The summed E-state index contributed by atoms with van der Waals surface area (Å²) in [4.78, 5) is 44.9. The first-order valence-corrected chi connectivity index (χ1v) is 15.1. The number of nitrogens with one attached hydrogen (secondary N) is 2. The van der Waals surface area contributed by atoms with E-state index in [4.69, 9.17) is 4.74 Å². The Morgan fingerprint density at radius 3 is 2.49 bits per heavy atom. The van der Waals surface area contributed by atoms with Crippen LogP contribution in [-0.4, -0.2) is 64.6 Å². The van der Waals surface area contributed by atoms with Crippen molar-refractivity contribution in [1.29, 1.82) is 0 Å². The van der Waals surface area contributed by atoms with E-state index >= 15 is 0 Å². The predicted octanol–water partition coefficient (Wildman–Crippen LogP) is 4.74. The second-order valence-electron chi connectivity index (χ2n) is 11.3. The molecule has 4 rings (SSSR count). The maximum Gasteiger partial charge on any atom is 0.309 e. The van der Waals surface area contributed by atoms with Crippen LogP contribution in [0.4, 0.5) is 0 Å². The first-order chi connectivity index (χ1) is 20.9. The number of fused-ring (bicyclic) bond motifs is 1. The third-order valence-electron chi connectivity index (χ3n) is 8.18. The number of nitrogens with zero attached hydrogens (tertiary/aromatic N) is 1. The molecule has 1 aliphatic heterocycles. The van der Waals surface area contributed by atoms with Crippen LogP contribution in [0.15, 0.2) is 86.1 Å². The zero-order chi connectivity index (χ0) is 30.6. The third kappa shape index (κ3) is 8.67. The largest absolute Gasteiger partial charge is 0.463 e. The summed E-state index contributed by atoms with van der Waals surface area (Å²) in [5.41, 5.74) is 3.00. The minimum atomic E-state index is -0.627. The molecule has 0 bridgehead atoms. The van der Waals surface area contributed by atoms with Gasteiger partial charge in [-0.2, -0.15) is 0 Å². The maximum atomic E-state index is 13.6. The molecular weight excluding hydrogens is 542 g/mol. The number of aliphatic hydroxyl groups excluding tert-OH is 1. The van der Waals surface area contributed by atoms with Crippen molar-refractivity contribution in [2.24, 2.45) is 11.8 Å². The molecule has 0 spiro atoms. The molecule has 1 saturated heterocycles. The number of amides is 2. The van der Waals surface area contributed by atoms with E-state index in [-0.39, 0.29) is 43.5 Å². The number of aliphatic hydroxyl groups is 1. The minimum absolute atomic E-state index is 0.0139. The van der Waals surface area contributed by atoms with Gasteiger partial charge in [-0.3, -0.25) is 14.4 Å². The Morgan fingerprint density at radius 2 is 1.74 bits per heavy atom. The summed E-state index contributed by atoms with van der Waals surface area (Å²) in [5.74, 6) is -1.80. The number of ether oxygens (including phenoxy) is 1. The summed E-state index contributed by atoms with van der Waals surface area (Å²) in [6, 6.07) is 17.0. The van der Waals surface area contributed by atoms with Crippen molar-refractivity contribution < 1.29 is 24.2 Å². The molecule has 4 atom stereocenters. The van der Waals surface area contributed by atoms with Gasteiger partial charge in [0, 0.05) is 30.1 Å². The fourth-order valence-corrected chi connectivity index (χ4v) is 5.87. The van der Waals surface area contributed by atoms with Gasteiger partial charge in [-0.15, -0.1) is 13.2 Å². The highest BCUT2D eigenvalue weighted by molar-refractivity contribution is 5.87. The number of likely N-dealkylation sites (tertiary alicyclic amines) is 1. The number of H-pyrrole nitrogens is 1. The Kier molecular flexibility index (Phi) is 11.7. The van der Waals surface area contributed by atoms with Crippen molar-refractivity contribution >= 4 is 28.7 Å². The number of para-hydroxylation sites is 1. The maximum absolute atomic E-state index is 13.6. The molecule has 43 heavy (non-hydrogen) atoms. The molecule has 2 amide bonds. The summed E-state index contributed by atoms with van der Waals surface area (Å²) in [5, 5.41) is 13.8. The van der Waals surface area contributed by atoms with Gasteiger partial charge in [0.15, 0.2) is 0 Å². The van der Waals surface area contributed by atoms with E-state index in [0.717, 1.165) is 34.9 Å². The Hall–Kier alpha value is -4.17. The Bertz CT molecular complexity index is 1380. The van der Waals surface area contributed by atoms with E-state index < -0.39 is 17.9 Å². The normalized spacial score (nSPS) is 16.8. The highest BCUT2D eigenvalue weighted by Crippen LogP contribution is 2.23. The second-order valence-corrected chi connectivity index (χ2v) is 11.3. The van der Waals surface area contributed by atoms with Crippen molar-refractivity contribution in [2.75, 3.05) is 19.8 Å². The van der Waals surface area contributed by atoms with E-state index in [1.54, 1.807) is 17.1 Å². The number of allylic oxidation sites excluding steroid dienone is 2. The first-order valence-electron chi connectivity index (χ1n) is 15.1. The Labute approximate surface area is 253 Å². The molecule has 1 fully saturated rings. The van der Waals surface area contributed by atoms with E-state index in [9.17, 15) is 19.5 Å². The standard InChI is InChI=1S/C35H43N3O5/c1-3-11-26(21-33(40)38-18-10-15-30(38)23-39)34(41)37-29(20-28-22-36-32-17-9-8-16-31(28)32)24-43-35(42)27(12-4-2)19-25-13-6-5-7-14-25/h3-9,13-14,16-17,22,26-27,29-30,36,39H,1-2,10-12,15,18-21,23-24H2,(H,37,41)/t26-,27+,29-,30-/m0/s1. The molecule has 0 unspecified atom stereocenters. The molecular formula is C35H43N3O5. The van der Waals surface area contributed by atoms with Crippen molar-refractivity contribution in [2.45, 2.75) is 57.0 Å². The molecule has 1 aliphatic rings. The molecule has 3 N–H and O–H groups in total. The van der Waals surface area contributed by atoms with Crippen LogP contribution in [0.1, 0.15) is 43.2 Å². The van der Waals surface area contributed by atoms with Crippen LogP contribution >= 0.6 is 0 Å². The fourth-order valence-electron chi connectivity index (χ4n) is 5.87. The Balaban J connectivity index is 1.48. The molecule has 8 nitrogen and oxygen atoms in total. The predicted molar refractivity (Wildman–Crippen MR) is 168 cm³/mol. The summed E-state index contributed by atoms with van der Waals surface area (Å²) in [6.07, 6.45) is 8.65. The van der Waals surface area contributed by atoms with Crippen molar-refractivity contribution in [1.82, 2.24) is 15.2 Å². The van der Waals surface area contributed by atoms with Gasteiger partial charge in [-0.25, -0.2) is 0 Å². The molecule has 2 heterocycles. The number of hydrogen-bond donors (Lipinski definition) is 3. The molecule has 3 aromatic rings. The molecule has 2 aromatic carbocycles. The molecule has 1 aromatic heterocycles. The topological polar surface area (TPSA) is 112 Å². The lowest BCUT2D eigenvalue weighted by Gasteiger charge is -2.26. The number of benzene rings is 2. The van der Waals surface area contributed by atoms with E-state index in [0.29, 0.717) is 32.2 Å². The van der Waals surface area contributed by atoms with Crippen molar-refractivity contribution in [3.05, 3.63) is 97.2 Å². The summed E-state index contributed by atoms with van der Waals surface area (Å²) in [6.45, 7) is 8.10. The van der Waals surface area contributed by atoms with Crippen LogP contribution < -0.4 is 5.32 Å². The molecule has 8 heteroatoms. The van der Waals surface area contributed by atoms with Gasteiger partial charge in [0.1, 0.15) is 6.61 Å². The molecule has 0 radical (unpaired) electrons. The highest BCUT2D eigenvalue weighted by Gasteiger charge is 2.32. The van der Waals surface area contributed by atoms with Gasteiger partial charge in [0.05, 0.1) is 30.5 Å². The quantitative estimate of drug-likeness (QED) is 0.166. The lowest BCUT2D eigenvalue weighted by atomic mass is 9.96. The third-order valence-corrected chi connectivity index (χ3v) is 8.18. The lowest BCUT2D eigenvalue weighted by Crippen LogP contribution is -2.45. The van der Waals surface area contributed by atoms with E-state index in [2.05, 4.69) is 23.5 Å². The first kappa shape index (κ1) is 31.8. The van der Waals surface area contributed by atoms with Gasteiger partial charge in [0.25, 0.3) is 0 Å². The number of hydrogen-bond acceptors (Lipinski definition) is 5. The summed E-state index contributed by atoms with van der Waals surface area (Å²) >= 11 is 0. The monoisotopic (exact) mass is 585 g/mol. The fraction of sp³-hybridized carbons (Fsp3) is 0.400. The summed E-state index contributed by atoms with van der Waals surface area (Å²) in [7, 11) is 0. The van der Waals surface area contributed by atoms with Crippen LogP contribution in [0.5, 0.6) is 0 Å². The average molecular weight is 586 g/mol. The Morgan fingerprint density at radius 1 is 1.02 bits per heavy atom. The van der Waals surface area contributed by atoms with Crippen LogP contribution in [0, 0.1) is 11.8 Å². The molecule has 0 saturated carbocycles. The number of esters is 1. The van der Waals surface area contributed by atoms with Crippen LogP contribution in [0.25, 0.3) is 10.9 Å².